The fourth-order valence-electron chi connectivity index (χ4n) is 0.989. The minimum Gasteiger partial charge on any atom is -0.328 e. The molecule has 1 N–H and O–H groups in total. The van der Waals surface area contributed by atoms with Gasteiger partial charge in [-0.15, -0.1) is 10.2 Å². The highest BCUT2D eigenvalue weighted by molar-refractivity contribution is 9.11. The predicted octanol–water partition coefficient (Wildman–Crippen LogP) is 4.08. The number of anilines is 2. The maximum atomic E-state index is 13.3. The van der Waals surface area contributed by atoms with Gasteiger partial charge in [0, 0.05) is 6.07 Å². The second kappa shape index (κ2) is 4.72. The van der Waals surface area contributed by atoms with Crippen LogP contribution in [0.25, 0.3) is 0 Å². The van der Waals surface area contributed by atoms with E-state index in [0.717, 1.165) is 6.07 Å². The average Bonchev–Trinajstić information content (AvgIpc) is 2.60. The summed E-state index contributed by atoms with van der Waals surface area (Å²) < 4.78 is 27.1. The molecule has 0 atom stereocenters. The minimum absolute atomic E-state index is 0.136. The van der Waals surface area contributed by atoms with Crippen LogP contribution in [-0.4, -0.2) is 10.2 Å². The number of aromatic nitrogens is 2. The highest BCUT2D eigenvalue weighted by atomic mass is 79.9. The summed E-state index contributed by atoms with van der Waals surface area (Å²) in [6.07, 6.45) is 0. The van der Waals surface area contributed by atoms with E-state index in [-0.39, 0.29) is 10.2 Å². The van der Waals surface area contributed by atoms with Gasteiger partial charge in [0.1, 0.15) is 11.6 Å². The molecule has 3 nitrogen and oxygen atoms in total. The predicted molar refractivity (Wildman–Crippen MR) is 64.9 cm³/mol. The lowest BCUT2D eigenvalue weighted by atomic mass is 10.3. The molecular formula is C8H3Br2F2N3S. The summed E-state index contributed by atoms with van der Waals surface area (Å²) in [5.41, 5.74) is 0.136. The molecule has 0 unspecified atom stereocenters. The zero-order valence-corrected chi connectivity index (χ0v) is 11.5. The highest BCUT2D eigenvalue weighted by Gasteiger charge is 2.10. The first-order valence-corrected chi connectivity index (χ1v) is 6.37. The molecule has 1 aromatic carbocycles. The third-order valence-electron chi connectivity index (χ3n) is 1.65. The van der Waals surface area contributed by atoms with Gasteiger partial charge in [0.05, 0.1) is 10.2 Å². The van der Waals surface area contributed by atoms with Crippen molar-refractivity contribution in [2.45, 2.75) is 0 Å². The summed E-state index contributed by atoms with van der Waals surface area (Å²) in [6.45, 7) is 0. The molecule has 8 heteroatoms. The van der Waals surface area contributed by atoms with Crippen LogP contribution in [0.1, 0.15) is 0 Å². The van der Waals surface area contributed by atoms with Gasteiger partial charge in [-0.2, -0.15) is 0 Å². The fraction of sp³-hybridized carbons (Fsp3) is 0. The van der Waals surface area contributed by atoms with E-state index in [4.69, 9.17) is 0 Å². The molecule has 2 aromatic rings. The second-order valence-corrected chi connectivity index (χ2v) is 5.84. The Bertz CT molecular complexity index is 532. The molecule has 0 spiro atoms. The third-order valence-corrected chi connectivity index (χ3v) is 3.53. The second-order valence-electron chi connectivity index (χ2n) is 2.73. The molecule has 0 radical (unpaired) electrons. The number of benzene rings is 1. The molecule has 2 rings (SSSR count). The standard InChI is InChI=1S/C8H3Br2F2N3S/c9-3-1-6(5(12)2-4(3)11)13-8-15-14-7(10)16-8/h1-2H,(H,13,15). The molecule has 1 aromatic heterocycles. The van der Waals surface area contributed by atoms with Crippen molar-refractivity contribution < 1.29 is 8.78 Å². The van der Waals surface area contributed by atoms with Crippen LogP contribution in [0.15, 0.2) is 20.5 Å². The van der Waals surface area contributed by atoms with Gasteiger partial charge < -0.3 is 5.32 Å². The maximum Gasteiger partial charge on any atom is 0.210 e. The SMILES string of the molecule is Fc1cc(F)c(Nc2nnc(Br)s2)cc1Br. The summed E-state index contributed by atoms with van der Waals surface area (Å²) in [5, 5.41) is 10.6. The third kappa shape index (κ3) is 2.55. The zero-order valence-electron chi connectivity index (χ0n) is 7.47. The number of halogens is 4. The van der Waals surface area contributed by atoms with Gasteiger partial charge in [0.2, 0.25) is 5.13 Å². The van der Waals surface area contributed by atoms with Crippen molar-refractivity contribution in [1.82, 2.24) is 10.2 Å². The van der Waals surface area contributed by atoms with Crippen LogP contribution in [0.2, 0.25) is 0 Å². The first-order valence-electron chi connectivity index (χ1n) is 3.97. The summed E-state index contributed by atoms with van der Waals surface area (Å²) >= 11 is 7.32. The summed E-state index contributed by atoms with van der Waals surface area (Å²) in [4.78, 5) is 0. The molecule has 0 aliphatic rings. The number of nitrogens with one attached hydrogen (secondary N) is 1. The van der Waals surface area contributed by atoms with Crippen LogP contribution in [0.4, 0.5) is 19.6 Å². The molecule has 0 saturated carbocycles. The molecule has 0 aliphatic heterocycles. The Labute approximate surface area is 110 Å². The van der Waals surface area contributed by atoms with E-state index in [1.807, 2.05) is 0 Å². The largest absolute Gasteiger partial charge is 0.328 e. The Balaban J connectivity index is 2.31. The lowest BCUT2D eigenvalue weighted by Gasteiger charge is -2.04. The van der Waals surface area contributed by atoms with Gasteiger partial charge in [-0.3, -0.25) is 0 Å². The Morgan fingerprint density at radius 1 is 1.12 bits per heavy atom. The van der Waals surface area contributed by atoms with Crippen molar-refractivity contribution in [1.29, 1.82) is 0 Å². The quantitative estimate of drug-likeness (QED) is 0.809. The molecule has 0 fully saturated rings. The summed E-state index contributed by atoms with van der Waals surface area (Å²) in [7, 11) is 0. The Morgan fingerprint density at radius 3 is 2.50 bits per heavy atom. The smallest absolute Gasteiger partial charge is 0.210 e. The lowest BCUT2D eigenvalue weighted by molar-refractivity contribution is 0.581. The molecule has 0 bridgehead atoms. The van der Waals surface area contributed by atoms with E-state index >= 15 is 0 Å². The van der Waals surface area contributed by atoms with Crippen LogP contribution in [-0.2, 0) is 0 Å². The Morgan fingerprint density at radius 2 is 1.88 bits per heavy atom. The van der Waals surface area contributed by atoms with Crippen LogP contribution in [0.3, 0.4) is 0 Å². The molecule has 0 amide bonds. The normalized spacial score (nSPS) is 10.5. The van der Waals surface area contributed by atoms with E-state index in [1.54, 1.807) is 0 Å². The van der Waals surface area contributed by atoms with E-state index in [2.05, 4.69) is 47.4 Å². The number of nitrogens with zero attached hydrogens (tertiary/aromatic N) is 2. The minimum atomic E-state index is -0.688. The fourth-order valence-corrected chi connectivity index (χ4v) is 2.36. The maximum absolute atomic E-state index is 13.3. The molecule has 84 valence electrons. The van der Waals surface area contributed by atoms with Gasteiger partial charge in [-0.25, -0.2) is 8.78 Å². The Hall–Kier alpha value is -0.600. The van der Waals surface area contributed by atoms with E-state index in [9.17, 15) is 8.78 Å². The molecule has 0 aliphatic carbocycles. The lowest BCUT2D eigenvalue weighted by Crippen LogP contribution is -1.95. The Kier molecular flexibility index (Phi) is 3.50. The van der Waals surface area contributed by atoms with Crippen LogP contribution in [0.5, 0.6) is 0 Å². The molecule has 1 heterocycles. The molecule has 0 saturated heterocycles. The van der Waals surface area contributed by atoms with Gasteiger partial charge in [-0.1, -0.05) is 11.3 Å². The first kappa shape index (κ1) is 11.9. The van der Waals surface area contributed by atoms with Crippen LogP contribution in [0, 0.1) is 11.6 Å². The van der Waals surface area contributed by atoms with Gasteiger partial charge in [0.15, 0.2) is 3.92 Å². The number of hydrogen-bond acceptors (Lipinski definition) is 4. The van der Waals surface area contributed by atoms with Crippen molar-refractivity contribution in [3.05, 3.63) is 32.2 Å². The zero-order chi connectivity index (χ0) is 11.7. The van der Waals surface area contributed by atoms with E-state index in [1.165, 1.54) is 17.4 Å². The van der Waals surface area contributed by atoms with Gasteiger partial charge in [-0.05, 0) is 37.9 Å². The van der Waals surface area contributed by atoms with Crippen LogP contribution >= 0.6 is 43.2 Å². The van der Waals surface area contributed by atoms with Crippen molar-refractivity contribution in [2.75, 3.05) is 5.32 Å². The molecule has 16 heavy (non-hydrogen) atoms. The van der Waals surface area contributed by atoms with E-state index in [0.29, 0.717) is 9.05 Å². The first-order chi connectivity index (χ1) is 7.56. The van der Waals surface area contributed by atoms with Crippen molar-refractivity contribution in [3.8, 4) is 0 Å². The van der Waals surface area contributed by atoms with Crippen molar-refractivity contribution >= 4 is 54.0 Å². The highest BCUT2D eigenvalue weighted by Crippen LogP contribution is 2.28. The van der Waals surface area contributed by atoms with Crippen molar-refractivity contribution in [3.63, 3.8) is 0 Å². The van der Waals surface area contributed by atoms with Gasteiger partial charge >= 0.3 is 0 Å². The van der Waals surface area contributed by atoms with E-state index < -0.39 is 11.6 Å². The van der Waals surface area contributed by atoms with Crippen molar-refractivity contribution in [2.24, 2.45) is 0 Å². The summed E-state index contributed by atoms with van der Waals surface area (Å²) in [6, 6.07) is 2.10. The number of rotatable bonds is 2. The monoisotopic (exact) mass is 369 g/mol. The van der Waals surface area contributed by atoms with Gasteiger partial charge in [0.25, 0.3) is 0 Å². The molecular weight excluding hydrogens is 368 g/mol. The topological polar surface area (TPSA) is 37.8 Å². The number of hydrogen-bond donors (Lipinski definition) is 1. The average molecular weight is 371 g/mol. The summed E-state index contributed by atoms with van der Waals surface area (Å²) in [5.74, 6) is -1.34. The van der Waals surface area contributed by atoms with Crippen LogP contribution < -0.4 is 5.32 Å².